The first-order valence-electron chi connectivity index (χ1n) is 20.4. The number of hydrogen-bond donors (Lipinski definition) is 2. The largest absolute Gasteiger partial charge is 0.449 e. The Hall–Kier alpha value is -0.540. The SMILES string of the molecule is CCC(C)OC1CC(OC2CC3C4CCC5CC(O)CCC5(C)C4CCC3(C)C2C(C)CCCC(C)COC(=O)NCCSC)OCC1C. The number of thioether (sulfide) groups is 1. The van der Waals surface area contributed by atoms with Gasteiger partial charge in [-0.1, -0.05) is 54.4 Å². The molecule has 0 aromatic heterocycles. The Morgan fingerprint density at radius 3 is 2.53 bits per heavy atom. The third-order valence-electron chi connectivity index (χ3n) is 14.7. The summed E-state index contributed by atoms with van der Waals surface area (Å²) in [4.78, 5) is 12.1. The van der Waals surface area contributed by atoms with E-state index in [1.807, 2.05) is 6.26 Å². The van der Waals surface area contributed by atoms with E-state index >= 15 is 0 Å². The fourth-order valence-electron chi connectivity index (χ4n) is 11.7. The highest BCUT2D eigenvalue weighted by Gasteiger charge is 2.63. The van der Waals surface area contributed by atoms with Crippen molar-refractivity contribution in [3.05, 3.63) is 0 Å². The number of amides is 1. The standard InChI is InChI=1S/C41H73NO6S/c1-9-29(5)47-35-23-37(45-25-28(35)4)48-36-22-34-32-14-13-30-21-31(43)15-17-40(30,6)33(32)16-18-41(34,7)38(36)27(3)12-10-11-26(2)24-46-39(44)42-19-20-49-8/h26-38,43H,9-25H2,1-8H3,(H,42,44). The second-order valence-corrected chi connectivity index (χ2v) is 19.0. The van der Waals surface area contributed by atoms with Crippen molar-refractivity contribution < 1.29 is 28.8 Å². The minimum absolute atomic E-state index is 0.0966. The minimum Gasteiger partial charge on any atom is -0.449 e. The molecule has 1 aliphatic heterocycles. The van der Waals surface area contributed by atoms with E-state index in [0.29, 0.717) is 60.7 Å². The van der Waals surface area contributed by atoms with Crippen molar-refractivity contribution >= 4 is 17.9 Å². The Morgan fingerprint density at radius 1 is 1.00 bits per heavy atom. The lowest BCUT2D eigenvalue weighted by Crippen LogP contribution is -2.54. The normalized spacial score (nSPS) is 42.3. The smallest absolute Gasteiger partial charge is 0.407 e. The maximum absolute atomic E-state index is 12.1. The summed E-state index contributed by atoms with van der Waals surface area (Å²) in [5.41, 5.74) is 0.636. The predicted octanol–water partition coefficient (Wildman–Crippen LogP) is 9.10. The van der Waals surface area contributed by atoms with Crippen molar-refractivity contribution in [1.82, 2.24) is 5.32 Å². The molecule has 5 fully saturated rings. The van der Waals surface area contributed by atoms with Crippen LogP contribution in [0, 0.1) is 58.2 Å². The van der Waals surface area contributed by atoms with Gasteiger partial charge in [-0.2, -0.15) is 11.8 Å². The maximum atomic E-state index is 12.1. The van der Waals surface area contributed by atoms with Crippen molar-refractivity contribution in [2.24, 2.45) is 58.2 Å². The first-order valence-corrected chi connectivity index (χ1v) is 21.8. The van der Waals surface area contributed by atoms with E-state index in [9.17, 15) is 9.90 Å². The molecule has 4 aliphatic carbocycles. The van der Waals surface area contributed by atoms with Crippen molar-refractivity contribution in [1.29, 1.82) is 0 Å². The lowest BCUT2D eigenvalue weighted by atomic mass is 9.44. The Morgan fingerprint density at radius 2 is 1.78 bits per heavy atom. The first kappa shape index (κ1) is 39.7. The number of ether oxygens (including phenoxy) is 4. The number of nitrogens with one attached hydrogen (secondary N) is 1. The van der Waals surface area contributed by atoms with Gasteiger partial charge < -0.3 is 29.4 Å². The molecule has 15 unspecified atom stereocenters. The molecule has 0 bridgehead atoms. The molecule has 5 rings (SSSR count). The molecule has 7 nitrogen and oxygen atoms in total. The van der Waals surface area contributed by atoms with Gasteiger partial charge in [-0.15, -0.1) is 0 Å². The molecule has 0 radical (unpaired) electrons. The Bertz CT molecular complexity index is 1050. The number of aliphatic hydroxyl groups excluding tert-OH is 1. The number of rotatable bonds is 15. The molecule has 0 spiro atoms. The lowest BCUT2D eigenvalue weighted by molar-refractivity contribution is -0.240. The van der Waals surface area contributed by atoms with Crippen LogP contribution in [-0.2, 0) is 18.9 Å². The van der Waals surface area contributed by atoms with Crippen LogP contribution in [0.25, 0.3) is 0 Å². The second-order valence-electron chi connectivity index (χ2n) is 18.0. The maximum Gasteiger partial charge on any atom is 0.407 e. The molecule has 49 heavy (non-hydrogen) atoms. The molecule has 284 valence electrons. The molecule has 2 N–H and O–H groups in total. The highest BCUT2D eigenvalue weighted by atomic mass is 32.2. The zero-order valence-electron chi connectivity index (χ0n) is 32.4. The van der Waals surface area contributed by atoms with E-state index < -0.39 is 0 Å². The first-order chi connectivity index (χ1) is 23.4. The lowest BCUT2D eigenvalue weighted by Gasteiger charge is -2.61. The second kappa shape index (κ2) is 17.5. The zero-order valence-corrected chi connectivity index (χ0v) is 33.2. The Balaban J connectivity index is 1.27. The molecule has 4 saturated carbocycles. The molecule has 1 saturated heterocycles. The van der Waals surface area contributed by atoms with Gasteiger partial charge in [0, 0.05) is 24.6 Å². The van der Waals surface area contributed by atoms with Crippen LogP contribution >= 0.6 is 11.8 Å². The monoisotopic (exact) mass is 708 g/mol. The summed E-state index contributed by atoms with van der Waals surface area (Å²) in [5, 5.41) is 13.4. The molecule has 1 amide bonds. The molecule has 5 aliphatic rings. The number of fused-ring (bicyclic) bond motifs is 5. The third kappa shape index (κ3) is 9.16. The predicted molar refractivity (Wildman–Crippen MR) is 200 cm³/mol. The number of aliphatic hydroxyl groups is 1. The van der Waals surface area contributed by atoms with Gasteiger partial charge in [0.05, 0.1) is 37.6 Å². The van der Waals surface area contributed by atoms with Gasteiger partial charge in [0.15, 0.2) is 6.29 Å². The summed E-state index contributed by atoms with van der Waals surface area (Å²) < 4.78 is 25.6. The molecule has 8 heteroatoms. The zero-order chi connectivity index (χ0) is 35.3. The molecule has 0 aromatic carbocycles. The van der Waals surface area contributed by atoms with Gasteiger partial charge in [0.1, 0.15) is 0 Å². The van der Waals surface area contributed by atoms with Crippen molar-refractivity contribution in [2.45, 2.75) is 163 Å². The van der Waals surface area contributed by atoms with E-state index in [-0.39, 0.29) is 42.2 Å². The number of carbonyl (C=O) groups excluding carboxylic acids is 1. The Kier molecular flexibility index (Phi) is 14.2. The summed E-state index contributed by atoms with van der Waals surface area (Å²) in [6.45, 7) is 18.4. The quantitative estimate of drug-likeness (QED) is 0.164. The van der Waals surface area contributed by atoms with Crippen LogP contribution in [0.15, 0.2) is 0 Å². The fraction of sp³-hybridized carbons (Fsp3) is 0.976. The fourth-order valence-corrected chi connectivity index (χ4v) is 12.0. The number of alkyl carbamates (subject to hydrolysis) is 1. The highest BCUT2D eigenvalue weighted by molar-refractivity contribution is 7.98. The van der Waals surface area contributed by atoms with Crippen LogP contribution in [0.3, 0.4) is 0 Å². The Labute approximate surface area is 303 Å². The van der Waals surface area contributed by atoms with Crippen molar-refractivity contribution in [3.63, 3.8) is 0 Å². The molecule has 1 heterocycles. The molecule has 15 atom stereocenters. The van der Waals surface area contributed by atoms with Gasteiger partial charge >= 0.3 is 6.09 Å². The van der Waals surface area contributed by atoms with Crippen molar-refractivity contribution in [2.75, 3.05) is 31.8 Å². The van der Waals surface area contributed by atoms with E-state index in [2.05, 4.69) is 53.8 Å². The summed E-state index contributed by atoms with van der Waals surface area (Å²) in [6, 6.07) is 0. The molecular formula is C41H73NO6S. The number of hydrogen-bond acceptors (Lipinski definition) is 7. The summed E-state index contributed by atoms with van der Waals surface area (Å²) in [6.07, 6.45) is 16.9. The molecule has 0 aromatic rings. The summed E-state index contributed by atoms with van der Waals surface area (Å²) in [5.74, 6) is 5.56. The summed E-state index contributed by atoms with van der Waals surface area (Å²) >= 11 is 1.72. The van der Waals surface area contributed by atoms with E-state index in [4.69, 9.17) is 18.9 Å². The van der Waals surface area contributed by atoms with Gasteiger partial charge in [0.2, 0.25) is 0 Å². The van der Waals surface area contributed by atoms with Crippen LogP contribution in [-0.4, -0.2) is 73.7 Å². The van der Waals surface area contributed by atoms with Crippen LogP contribution in [0.1, 0.15) is 132 Å². The van der Waals surface area contributed by atoms with Gasteiger partial charge in [0.25, 0.3) is 0 Å². The van der Waals surface area contributed by atoms with Crippen LogP contribution in [0.5, 0.6) is 0 Å². The average Bonchev–Trinajstić information content (AvgIpc) is 3.37. The van der Waals surface area contributed by atoms with E-state index in [0.717, 1.165) is 62.5 Å². The van der Waals surface area contributed by atoms with Crippen molar-refractivity contribution in [3.8, 4) is 0 Å². The van der Waals surface area contributed by atoms with Gasteiger partial charge in [-0.05, 0) is 130 Å². The summed E-state index contributed by atoms with van der Waals surface area (Å²) in [7, 11) is 0. The number of carbonyl (C=O) groups is 1. The molecular weight excluding hydrogens is 635 g/mol. The van der Waals surface area contributed by atoms with Gasteiger partial charge in [-0.25, -0.2) is 4.79 Å². The topological polar surface area (TPSA) is 86.3 Å². The minimum atomic E-state index is -0.293. The van der Waals surface area contributed by atoms with Gasteiger partial charge in [-0.3, -0.25) is 0 Å². The van der Waals surface area contributed by atoms with Crippen LogP contribution < -0.4 is 5.32 Å². The third-order valence-corrected chi connectivity index (χ3v) is 15.3. The highest BCUT2D eigenvalue weighted by Crippen LogP contribution is 2.69. The van der Waals surface area contributed by atoms with Crippen LogP contribution in [0.4, 0.5) is 4.79 Å². The van der Waals surface area contributed by atoms with E-state index in [1.165, 1.54) is 38.5 Å². The van der Waals surface area contributed by atoms with Crippen LogP contribution in [0.2, 0.25) is 0 Å². The van der Waals surface area contributed by atoms with E-state index in [1.54, 1.807) is 11.8 Å². The average molecular weight is 708 g/mol.